The normalized spacial score (nSPS) is 10.8. The van der Waals surface area contributed by atoms with Crippen molar-refractivity contribution < 1.29 is 0 Å². The van der Waals surface area contributed by atoms with Crippen molar-refractivity contribution in [2.75, 3.05) is 0 Å². The standard InChI is InChI=1S/C14H12N4S/c1-9-10(2)19-14-17-13(11-5-3-4-8-16-11)12(6-7-15)18(9)14/h3-5,8H,6H2,1-2H3. The molecule has 0 aliphatic heterocycles. The number of thiazole rings is 1. The maximum Gasteiger partial charge on any atom is 0.195 e. The van der Waals surface area contributed by atoms with Crippen molar-refractivity contribution in [3.8, 4) is 17.5 Å². The fourth-order valence-electron chi connectivity index (χ4n) is 2.16. The molecular formula is C14H12N4S. The first-order chi connectivity index (χ1) is 9.22. The minimum atomic E-state index is 0.337. The van der Waals surface area contributed by atoms with Gasteiger partial charge in [0.1, 0.15) is 5.69 Å². The van der Waals surface area contributed by atoms with Crippen LogP contribution in [0.2, 0.25) is 0 Å². The molecule has 0 aromatic carbocycles. The summed E-state index contributed by atoms with van der Waals surface area (Å²) in [6, 6.07) is 7.96. The van der Waals surface area contributed by atoms with E-state index in [0.29, 0.717) is 6.42 Å². The highest BCUT2D eigenvalue weighted by molar-refractivity contribution is 7.17. The van der Waals surface area contributed by atoms with E-state index in [4.69, 9.17) is 5.26 Å². The average Bonchev–Trinajstić information content (AvgIpc) is 2.90. The van der Waals surface area contributed by atoms with Gasteiger partial charge in [0.15, 0.2) is 4.96 Å². The van der Waals surface area contributed by atoms with Gasteiger partial charge in [0, 0.05) is 16.8 Å². The first-order valence-corrected chi connectivity index (χ1v) is 6.79. The van der Waals surface area contributed by atoms with E-state index < -0.39 is 0 Å². The van der Waals surface area contributed by atoms with E-state index in [0.717, 1.165) is 27.7 Å². The summed E-state index contributed by atoms with van der Waals surface area (Å²) in [5.41, 5.74) is 3.72. The Kier molecular flexibility index (Phi) is 2.80. The van der Waals surface area contributed by atoms with Crippen molar-refractivity contribution >= 4 is 16.3 Å². The van der Waals surface area contributed by atoms with E-state index in [2.05, 4.69) is 34.3 Å². The Morgan fingerprint density at radius 1 is 1.37 bits per heavy atom. The molecule has 4 nitrogen and oxygen atoms in total. The molecule has 0 amide bonds. The van der Waals surface area contributed by atoms with Crippen LogP contribution in [0, 0.1) is 25.2 Å². The fourth-order valence-corrected chi connectivity index (χ4v) is 3.15. The minimum Gasteiger partial charge on any atom is -0.290 e. The SMILES string of the molecule is Cc1sc2nc(-c3ccccn3)c(CC#N)n2c1C. The molecule has 0 spiro atoms. The summed E-state index contributed by atoms with van der Waals surface area (Å²) in [6.07, 6.45) is 2.08. The van der Waals surface area contributed by atoms with Gasteiger partial charge in [-0.3, -0.25) is 9.38 Å². The Morgan fingerprint density at radius 3 is 2.89 bits per heavy atom. The van der Waals surface area contributed by atoms with Gasteiger partial charge < -0.3 is 0 Å². The molecule has 0 fully saturated rings. The lowest BCUT2D eigenvalue weighted by molar-refractivity contribution is 1.01. The zero-order chi connectivity index (χ0) is 13.4. The van der Waals surface area contributed by atoms with Crippen molar-refractivity contribution in [1.82, 2.24) is 14.4 Å². The fraction of sp³-hybridized carbons (Fsp3) is 0.214. The van der Waals surface area contributed by atoms with Crippen LogP contribution in [0.3, 0.4) is 0 Å². The van der Waals surface area contributed by atoms with Crippen molar-refractivity contribution in [1.29, 1.82) is 5.26 Å². The predicted molar refractivity (Wildman–Crippen MR) is 75.1 cm³/mol. The molecule has 0 aliphatic carbocycles. The van der Waals surface area contributed by atoms with Crippen molar-refractivity contribution in [2.45, 2.75) is 20.3 Å². The molecule has 94 valence electrons. The summed E-state index contributed by atoms with van der Waals surface area (Å²) in [5.74, 6) is 0. The summed E-state index contributed by atoms with van der Waals surface area (Å²) >= 11 is 1.65. The number of nitriles is 1. The van der Waals surface area contributed by atoms with Crippen molar-refractivity contribution in [2.24, 2.45) is 0 Å². The number of aryl methyl sites for hydroxylation is 2. The van der Waals surface area contributed by atoms with Gasteiger partial charge in [-0.05, 0) is 26.0 Å². The van der Waals surface area contributed by atoms with Crippen LogP contribution < -0.4 is 0 Å². The molecule has 0 bridgehead atoms. The summed E-state index contributed by atoms with van der Waals surface area (Å²) in [6.45, 7) is 4.13. The van der Waals surface area contributed by atoms with Gasteiger partial charge in [-0.15, -0.1) is 11.3 Å². The van der Waals surface area contributed by atoms with Gasteiger partial charge in [0.05, 0.1) is 23.9 Å². The highest BCUT2D eigenvalue weighted by atomic mass is 32.1. The van der Waals surface area contributed by atoms with Gasteiger partial charge >= 0.3 is 0 Å². The molecule has 3 aromatic rings. The maximum atomic E-state index is 9.06. The zero-order valence-electron chi connectivity index (χ0n) is 10.7. The Morgan fingerprint density at radius 2 is 2.21 bits per heavy atom. The molecule has 5 heteroatoms. The molecule has 0 radical (unpaired) electrons. The quantitative estimate of drug-likeness (QED) is 0.717. The van der Waals surface area contributed by atoms with Crippen LogP contribution >= 0.6 is 11.3 Å². The third-order valence-corrected chi connectivity index (χ3v) is 4.24. The molecule has 0 unspecified atom stereocenters. The topological polar surface area (TPSA) is 54.0 Å². The number of imidazole rings is 1. The van der Waals surface area contributed by atoms with Gasteiger partial charge in [0.2, 0.25) is 0 Å². The predicted octanol–water partition coefficient (Wildman–Crippen LogP) is 3.14. The van der Waals surface area contributed by atoms with Gasteiger partial charge in [-0.1, -0.05) is 6.07 Å². The third-order valence-electron chi connectivity index (χ3n) is 3.19. The first-order valence-electron chi connectivity index (χ1n) is 5.98. The summed E-state index contributed by atoms with van der Waals surface area (Å²) < 4.78 is 2.08. The average molecular weight is 268 g/mol. The lowest BCUT2D eigenvalue weighted by atomic mass is 10.2. The van der Waals surface area contributed by atoms with E-state index in [1.165, 1.54) is 4.88 Å². The van der Waals surface area contributed by atoms with Gasteiger partial charge in [-0.2, -0.15) is 5.26 Å². The van der Waals surface area contributed by atoms with E-state index in [1.54, 1.807) is 17.5 Å². The molecule has 3 aromatic heterocycles. The van der Waals surface area contributed by atoms with Crippen LogP contribution in [0.25, 0.3) is 16.3 Å². The van der Waals surface area contributed by atoms with Crippen LogP contribution in [0.4, 0.5) is 0 Å². The molecule has 0 atom stereocenters. The smallest absolute Gasteiger partial charge is 0.195 e. The van der Waals surface area contributed by atoms with Crippen LogP contribution in [0.5, 0.6) is 0 Å². The first kappa shape index (κ1) is 11.9. The lowest BCUT2D eigenvalue weighted by Crippen LogP contribution is -1.96. The number of rotatable bonds is 2. The lowest BCUT2D eigenvalue weighted by Gasteiger charge is -2.01. The number of fused-ring (bicyclic) bond motifs is 1. The molecule has 3 heterocycles. The Labute approximate surface area is 115 Å². The second kappa shape index (κ2) is 4.48. The molecular weight excluding hydrogens is 256 g/mol. The Hall–Kier alpha value is -2.19. The number of nitrogens with zero attached hydrogens (tertiary/aromatic N) is 4. The molecule has 19 heavy (non-hydrogen) atoms. The van der Waals surface area contributed by atoms with E-state index in [9.17, 15) is 0 Å². The van der Waals surface area contributed by atoms with Crippen LogP contribution in [0.1, 0.15) is 16.3 Å². The summed E-state index contributed by atoms with van der Waals surface area (Å²) in [4.78, 5) is 11.2. The highest BCUT2D eigenvalue weighted by Crippen LogP contribution is 2.29. The zero-order valence-corrected chi connectivity index (χ0v) is 11.5. The Balaban J connectivity index is 2.31. The third kappa shape index (κ3) is 1.81. The second-order valence-corrected chi connectivity index (χ2v) is 5.50. The highest BCUT2D eigenvalue weighted by Gasteiger charge is 2.18. The molecule has 0 saturated heterocycles. The van der Waals surface area contributed by atoms with Crippen LogP contribution in [-0.2, 0) is 6.42 Å². The van der Waals surface area contributed by atoms with E-state index >= 15 is 0 Å². The minimum absolute atomic E-state index is 0.337. The van der Waals surface area contributed by atoms with Gasteiger partial charge in [0.25, 0.3) is 0 Å². The molecule has 0 aliphatic rings. The molecule has 0 N–H and O–H groups in total. The van der Waals surface area contributed by atoms with Crippen LogP contribution in [-0.4, -0.2) is 14.4 Å². The monoisotopic (exact) mass is 268 g/mol. The van der Waals surface area contributed by atoms with Crippen molar-refractivity contribution in [3.05, 3.63) is 40.7 Å². The van der Waals surface area contributed by atoms with Crippen molar-refractivity contribution in [3.63, 3.8) is 0 Å². The van der Waals surface area contributed by atoms with E-state index in [-0.39, 0.29) is 0 Å². The summed E-state index contributed by atoms with van der Waals surface area (Å²) in [5, 5.41) is 9.06. The second-order valence-electron chi connectivity index (χ2n) is 4.32. The summed E-state index contributed by atoms with van der Waals surface area (Å²) in [7, 11) is 0. The Bertz CT molecular complexity index is 777. The van der Waals surface area contributed by atoms with Gasteiger partial charge in [-0.25, -0.2) is 4.98 Å². The van der Waals surface area contributed by atoms with Crippen LogP contribution in [0.15, 0.2) is 24.4 Å². The molecule has 0 saturated carbocycles. The number of pyridine rings is 1. The number of hydrogen-bond donors (Lipinski definition) is 0. The maximum absolute atomic E-state index is 9.06. The largest absolute Gasteiger partial charge is 0.290 e. The number of aromatic nitrogens is 3. The number of hydrogen-bond acceptors (Lipinski definition) is 4. The van der Waals surface area contributed by atoms with E-state index in [1.807, 2.05) is 18.2 Å². The molecule has 3 rings (SSSR count).